The zero-order chi connectivity index (χ0) is 19.0. The molecule has 0 aromatic heterocycles. The van der Waals surface area contributed by atoms with Gasteiger partial charge >= 0.3 is 0 Å². The van der Waals surface area contributed by atoms with Crippen molar-refractivity contribution >= 4 is 11.9 Å². The van der Waals surface area contributed by atoms with Gasteiger partial charge in [0.2, 0.25) is 0 Å². The number of ether oxygens (including phenoxy) is 1. The minimum absolute atomic E-state index is 0.122. The van der Waals surface area contributed by atoms with Crippen molar-refractivity contribution in [3.8, 4) is 11.5 Å². The van der Waals surface area contributed by atoms with Crippen LogP contribution in [-0.4, -0.2) is 18.0 Å². The van der Waals surface area contributed by atoms with Gasteiger partial charge in [0.1, 0.15) is 0 Å². The lowest BCUT2D eigenvalue weighted by atomic mass is 10.1. The van der Waals surface area contributed by atoms with E-state index in [1.54, 1.807) is 30.4 Å². The number of phenols is 1. The summed E-state index contributed by atoms with van der Waals surface area (Å²) in [6, 6.07) is 5.15. The van der Waals surface area contributed by atoms with Crippen LogP contribution in [0.1, 0.15) is 76.7 Å². The molecule has 0 amide bonds. The first-order valence-electron chi connectivity index (χ1n) is 9.92. The quantitative estimate of drug-likeness (QED) is 0.236. The van der Waals surface area contributed by atoms with Gasteiger partial charge < -0.3 is 9.84 Å². The third kappa shape index (κ3) is 10.1. The second-order valence-corrected chi connectivity index (χ2v) is 6.69. The van der Waals surface area contributed by atoms with Crippen molar-refractivity contribution in [3.05, 3.63) is 42.0 Å². The topological polar surface area (TPSA) is 46.5 Å². The third-order valence-corrected chi connectivity index (χ3v) is 4.41. The van der Waals surface area contributed by atoms with Crippen LogP contribution in [0.5, 0.6) is 11.5 Å². The number of methoxy groups -OCH3 is 1. The highest BCUT2D eigenvalue weighted by Crippen LogP contribution is 2.26. The molecule has 144 valence electrons. The first-order chi connectivity index (χ1) is 12.7. The van der Waals surface area contributed by atoms with Crippen molar-refractivity contribution in [2.45, 2.75) is 71.1 Å². The molecule has 0 saturated carbocycles. The fraction of sp³-hybridized carbons (Fsp3) is 0.522. The fourth-order valence-electron chi connectivity index (χ4n) is 2.82. The average molecular weight is 359 g/mol. The molecule has 1 rings (SSSR count). The molecule has 0 bridgehead atoms. The number of hydrogen-bond donors (Lipinski definition) is 1. The summed E-state index contributed by atoms with van der Waals surface area (Å²) in [4.78, 5) is 11.8. The van der Waals surface area contributed by atoms with Gasteiger partial charge in [-0.2, -0.15) is 0 Å². The van der Waals surface area contributed by atoms with Crippen molar-refractivity contribution in [1.82, 2.24) is 0 Å². The molecule has 0 heterocycles. The number of benzene rings is 1. The van der Waals surface area contributed by atoms with E-state index in [1.807, 2.05) is 12.2 Å². The van der Waals surface area contributed by atoms with Crippen molar-refractivity contribution in [2.24, 2.45) is 0 Å². The van der Waals surface area contributed by atoms with Crippen LogP contribution in [0.2, 0.25) is 0 Å². The number of ketones is 1. The summed E-state index contributed by atoms with van der Waals surface area (Å²) in [5, 5.41) is 9.56. The molecule has 1 aromatic rings. The largest absolute Gasteiger partial charge is 0.504 e. The molecular weight excluding hydrogens is 324 g/mol. The van der Waals surface area contributed by atoms with Crippen LogP contribution in [0.4, 0.5) is 0 Å². The zero-order valence-electron chi connectivity index (χ0n) is 16.4. The van der Waals surface area contributed by atoms with Gasteiger partial charge in [0.05, 0.1) is 7.11 Å². The number of phenolic OH excluding ortho intramolecular Hbond substituents is 1. The number of allylic oxidation sites excluding steroid dienone is 3. The monoisotopic (exact) mass is 358 g/mol. The predicted octanol–water partition coefficient (Wildman–Crippen LogP) is 6.46. The SMILES string of the molecule is CCCCCCCCCCCC(=O)C=CC=Cc1ccc(O)c(OC)c1. The van der Waals surface area contributed by atoms with Crippen LogP contribution < -0.4 is 4.74 Å². The molecule has 0 fully saturated rings. The van der Waals surface area contributed by atoms with E-state index in [1.165, 1.54) is 52.1 Å². The molecule has 1 N–H and O–H groups in total. The van der Waals surface area contributed by atoms with E-state index in [2.05, 4.69) is 6.92 Å². The van der Waals surface area contributed by atoms with E-state index < -0.39 is 0 Å². The molecule has 3 heteroatoms. The number of carbonyl (C=O) groups is 1. The molecular formula is C23H34O3. The Morgan fingerprint density at radius 3 is 2.31 bits per heavy atom. The number of aromatic hydroxyl groups is 1. The van der Waals surface area contributed by atoms with Crippen molar-refractivity contribution in [3.63, 3.8) is 0 Å². The molecule has 0 aliphatic heterocycles. The molecule has 0 aliphatic carbocycles. The summed E-state index contributed by atoms with van der Waals surface area (Å²) in [5.41, 5.74) is 0.913. The first kappa shape index (κ1) is 22.0. The Labute approximate surface area is 158 Å². The third-order valence-electron chi connectivity index (χ3n) is 4.41. The molecule has 0 spiro atoms. The van der Waals surface area contributed by atoms with Crippen LogP contribution in [0.15, 0.2) is 36.4 Å². The minimum Gasteiger partial charge on any atom is -0.504 e. The summed E-state index contributed by atoms with van der Waals surface area (Å²) in [5.74, 6) is 0.745. The predicted molar refractivity (Wildman–Crippen MR) is 110 cm³/mol. The highest BCUT2D eigenvalue weighted by Gasteiger charge is 2.00. The van der Waals surface area contributed by atoms with E-state index in [0.29, 0.717) is 12.2 Å². The van der Waals surface area contributed by atoms with Crippen molar-refractivity contribution in [2.75, 3.05) is 7.11 Å². The van der Waals surface area contributed by atoms with E-state index in [0.717, 1.165) is 18.4 Å². The second kappa shape index (κ2) is 14.2. The molecule has 1 aromatic carbocycles. The Bertz CT molecular complexity index is 573. The second-order valence-electron chi connectivity index (χ2n) is 6.69. The minimum atomic E-state index is 0.122. The van der Waals surface area contributed by atoms with Gasteiger partial charge in [0.15, 0.2) is 17.3 Å². The van der Waals surface area contributed by atoms with Crippen LogP contribution in [0, 0.1) is 0 Å². The maximum Gasteiger partial charge on any atom is 0.161 e. The summed E-state index contributed by atoms with van der Waals surface area (Å²) in [7, 11) is 1.52. The molecule has 0 aliphatic rings. The van der Waals surface area contributed by atoms with Crippen LogP contribution >= 0.6 is 0 Å². The van der Waals surface area contributed by atoms with E-state index >= 15 is 0 Å². The maximum atomic E-state index is 11.8. The molecule has 0 saturated heterocycles. The average Bonchev–Trinajstić information content (AvgIpc) is 2.65. The molecule has 0 atom stereocenters. The standard InChI is InChI=1S/C23H34O3/c1-3-4-5-6-7-8-9-10-11-15-21(24)16-13-12-14-20-17-18-22(25)23(19-20)26-2/h12-14,16-19,25H,3-11,15H2,1-2H3. The smallest absolute Gasteiger partial charge is 0.161 e. The molecule has 0 unspecified atom stereocenters. The molecule has 0 radical (unpaired) electrons. The maximum absolute atomic E-state index is 11.8. The van der Waals surface area contributed by atoms with Crippen molar-refractivity contribution in [1.29, 1.82) is 0 Å². The zero-order valence-corrected chi connectivity index (χ0v) is 16.4. The highest BCUT2D eigenvalue weighted by molar-refractivity contribution is 5.89. The van der Waals surface area contributed by atoms with Gasteiger partial charge in [0, 0.05) is 6.42 Å². The van der Waals surface area contributed by atoms with E-state index in [-0.39, 0.29) is 11.5 Å². The van der Waals surface area contributed by atoms with Gasteiger partial charge in [-0.25, -0.2) is 0 Å². The van der Waals surface area contributed by atoms with Gasteiger partial charge in [-0.05, 0) is 30.2 Å². The van der Waals surface area contributed by atoms with Gasteiger partial charge in [0.25, 0.3) is 0 Å². The summed E-state index contributed by atoms with van der Waals surface area (Å²) < 4.78 is 5.07. The number of carbonyl (C=O) groups excluding carboxylic acids is 1. The summed E-state index contributed by atoms with van der Waals surface area (Å²) >= 11 is 0. The summed E-state index contributed by atoms with van der Waals surface area (Å²) in [6.45, 7) is 2.24. The first-order valence-corrected chi connectivity index (χ1v) is 9.92. The highest BCUT2D eigenvalue weighted by atomic mass is 16.5. The Kier molecular flexibility index (Phi) is 12.0. The number of hydrogen-bond acceptors (Lipinski definition) is 3. The fourth-order valence-corrected chi connectivity index (χ4v) is 2.82. The van der Waals surface area contributed by atoms with E-state index in [4.69, 9.17) is 4.74 Å². The van der Waals surface area contributed by atoms with Crippen LogP contribution in [0.3, 0.4) is 0 Å². The molecule has 3 nitrogen and oxygen atoms in total. The van der Waals surface area contributed by atoms with Crippen LogP contribution in [0.25, 0.3) is 6.08 Å². The molecule has 26 heavy (non-hydrogen) atoms. The Morgan fingerprint density at radius 2 is 1.65 bits per heavy atom. The Balaban J connectivity index is 2.15. The Morgan fingerprint density at radius 1 is 1.00 bits per heavy atom. The summed E-state index contributed by atoms with van der Waals surface area (Å²) in [6.07, 6.45) is 19.1. The Hall–Kier alpha value is -2.03. The normalized spacial score (nSPS) is 11.5. The lowest BCUT2D eigenvalue weighted by molar-refractivity contribution is -0.114. The lowest BCUT2D eigenvalue weighted by Gasteiger charge is -2.03. The lowest BCUT2D eigenvalue weighted by Crippen LogP contribution is -1.92. The van der Waals surface area contributed by atoms with Gasteiger partial charge in [-0.3, -0.25) is 4.79 Å². The van der Waals surface area contributed by atoms with Gasteiger partial charge in [-0.15, -0.1) is 0 Å². The van der Waals surface area contributed by atoms with Gasteiger partial charge in [-0.1, -0.05) is 82.6 Å². The van der Waals surface area contributed by atoms with Crippen LogP contribution in [-0.2, 0) is 4.79 Å². The number of rotatable bonds is 14. The van der Waals surface area contributed by atoms with Crippen molar-refractivity contribution < 1.29 is 14.6 Å². The number of unbranched alkanes of at least 4 members (excludes halogenated alkanes) is 8. The van der Waals surface area contributed by atoms with E-state index in [9.17, 15) is 9.90 Å².